The van der Waals surface area contributed by atoms with E-state index in [0.717, 1.165) is 11.4 Å². The molecule has 3 rings (SSSR count). The van der Waals surface area contributed by atoms with Gasteiger partial charge >= 0.3 is 11.1 Å². The number of aromatic nitrogens is 3. The fourth-order valence-corrected chi connectivity index (χ4v) is 2.42. The molecule has 0 bridgehead atoms. The summed E-state index contributed by atoms with van der Waals surface area (Å²) in [6, 6.07) is 10.1. The average Bonchev–Trinajstić information content (AvgIpc) is 2.55. The quantitative estimate of drug-likeness (QED) is 0.633. The molecule has 0 aliphatic carbocycles. The monoisotopic (exact) mass is 324 g/mol. The molecule has 3 N–H and O–H groups in total. The molecule has 24 heavy (non-hydrogen) atoms. The van der Waals surface area contributed by atoms with Crippen LogP contribution in [-0.2, 0) is 0 Å². The van der Waals surface area contributed by atoms with Crippen molar-refractivity contribution < 1.29 is 4.79 Å². The van der Waals surface area contributed by atoms with Gasteiger partial charge in [-0.2, -0.15) is 0 Å². The van der Waals surface area contributed by atoms with Crippen LogP contribution in [0.25, 0.3) is 11.0 Å². The fourth-order valence-electron chi connectivity index (χ4n) is 2.42. The number of aryl methyl sites for hydroxylation is 1. The summed E-state index contributed by atoms with van der Waals surface area (Å²) in [7, 11) is 0. The van der Waals surface area contributed by atoms with Crippen molar-refractivity contribution in [2.24, 2.45) is 0 Å². The Kier molecular flexibility index (Phi) is 3.99. The van der Waals surface area contributed by atoms with Crippen molar-refractivity contribution in [3.63, 3.8) is 0 Å². The largest absolute Gasteiger partial charge is 0.344 e. The van der Waals surface area contributed by atoms with Crippen LogP contribution < -0.4 is 16.4 Å². The van der Waals surface area contributed by atoms with E-state index in [4.69, 9.17) is 0 Å². The molecule has 1 amide bonds. The van der Waals surface area contributed by atoms with Crippen molar-refractivity contribution in [1.82, 2.24) is 20.3 Å². The van der Waals surface area contributed by atoms with Crippen LogP contribution in [0.4, 0.5) is 0 Å². The highest BCUT2D eigenvalue weighted by atomic mass is 16.2. The van der Waals surface area contributed by atoms with Gasteiger partial charge in [0.15, 0.2) is 0 Å². The minimum Gasteiger partial charge on any atom is -0.344 e. The van der Waals surface area contributed by atoms with Crippen LogP contribution in [0.5, 0.6) is 0 Å². The van der Waals surface area contributed by atoms with E-state index in [1.54, 1.807) is 12.1 Å². The molecule has 3 aromatic rings. The molecule has 0 saturated carbocycles. The Morgan fingerprint density at radius 3 is 2.50 bits per heavy atom. The van der Waals surface area contributed by atoms with Crippen molar-refractivity contribution in [3.05, 3.63) is 74.1 Å². The second-order valence-corrected chi connectivity index (χ2v) is 5.57. The Morgan fingerprint density at radius 1 is 1.08 bits per heavy atom. The lowest BCUT2D eigenvalue weighted by Gasteiger charge is -2.14. The third-order valence-electron chi connectivity index (χ3n) is 3.69. The smallest absolute Gasteiger partial charge is 0.314 e. The van der Waals surface area contributed by atoms with Gasteiger partial charge in [-0.05, 0) is 44.2 Å². The van der Waals surface area contributed by atoms with E-state index in [2.05, 4.69) is 20.3 Å². The number of amides is 1. The summed E-state index contributed by atoms with van der Waals surface area (Å²) in [6.07, 6.45) is 0. The van der Waals surface area contributed by atoms with Crippen LogP contribution in [0.1, 0.15) is 34.7 Å². The fraction of sp³-hybridized carbons (Fsp3) is 0.176. The SMILES string of the molecule is Cc1cccc([C@H](C)NC(=O)c2ccc3[nH]c(=O)c(=O)[nH]c3c2)n1. The number of nitrogens with zero attached hydrogens (tertiary/aromatic N) is 1. The van der Waals surface area contributed by atoms with Gasteiger partial charge in [-0.15, -0.1) is 0 Å². The van der Waals surface area contributed by atoms with Gasteiger partial charge in [0.2, 0.25) is 0 Å². The molecule has 2 heterocycles. The summed E-state index contributed by atoms with van der Waals surface area (Å²) in [5, 5.41) is 2.86. The first-order chi connectivity index (χ1) is 11.4. The molecular weight excluding hydrogens is 308 g/mol. The van der Waals surface area contributed by atoms with E-state index in [1.807, 2.05) is 32.0 Å². The predicted octanol–water partition coefficient (Wildman–Crippen LogP) is 1.41. The van der Waals surface area contributed by atoms with Gasteiger partial charge in [0.1, 0.15) is 0 Å². The molecule has 0 saturated heterocycles. The number of carbonyl (C=O) groups excluding carboxylic acids is 1. The summed E-state index contributed by atoms with van der Waals surface area (Å²) in [5.74, 6) is -0.292. The normalized spacial score (nSPS) is 12.1. The van der Waals surface area contributed by atoms with E-state index in [-0.39, 0.29) is 11.9 Å². The van der Waals surface area contributed by atoms with Crippen molar-refractivity contribution >= 4 is 16.9 Å². The summed E-state index contributed by atoms with van der Waals surface area (Å²) in [6.45, 7) is 3.73. The summed E-state index contributed by atoms with van der Waals surface area (Å²) in [5.41, 5.74) is 1.40. The van der Waals surface area contributed by atoms with Crippen molar-refractivity contribution in [3.8, 4) is 0 Å². The first-order valence-electron chi connectivity index (χ1n) is 7.45. The number of carbonyl (C=O) groups is 1. The van der Waals surface area contributed by atoms with Gasteiger partial charge in [0.25, 0.3) is 5.91 Å². The summed E-state index contributed by atoms with van der Waals surface area (Å²) < 4.78 is 0. The maximum atomic E-state index is 12.4. The lowest BCUT2D eigenvalue weighted by molar-refractivity contribution is 0.0939. The highest BCUT2D eigenvalue weighted by Crippen LogP contribution is 2.13. The van der Waals surface area contributed by atoms with E-state index < -0.39 is 11.1 Å². The van der Waals surface area contributed by atoms with E-state index in [1.165, 1.54) is 6.07 Å². The van der Waals surface area contributed by atoms with E-state index in [0.29, 0.717) is 16.6 Å². The number of benzene rings is 1. The number of hydrogen-bond acceptors (Lipinski definition) is 4. The Balaban J connectivity index is 1.87. The first-order valence-corrected chi connectivity index (χ1v) is 7.45. The molecule has 0 unspecified atom stereocenters. The summed E-state index contributed by atoms with van der Waals surface area (Å²) >= 11 is 0. The van der Waals surface area contributed by atoms with Crippen LogP contribution in [0.3, 0.4) is 0 Å². The number of pyridine rings is 1. The van der Waals surface area contributed by atoms with Crippen LogP contribution in [0.15, 0.2) is 46.0 Å². The van der Waals surface area contributed by atoms with Gasteiger partial charge in [-0.1, -0.05) is 6.07 Å². The van der Waals surface area contributed by atoms with Gasteiger partial charge < -0.3 is 15.3 Å². The van der Waals surface area contributed by atoms with Crippen LogP contribution >= 0.6 is 0 Å². The lowest BCUT2D eigenvalue weighted by atomic mass is 10.1. The third-order valence-corrected chi connectivity index (χ3v) is 3.69. The van der Waals surface area contributed by atoms with Crippen LogP contribution in [0, 0.1) is 6.92 Å². The molecule has 2 aromatic heterocycles. The minimum absolute atomic E-state index is 0.261. The Morgan fingerprint density at radius 2 is 1.79 bits per heavy atom. The van der Waals surface area contributed by atoms with Crippen molar-refractivity contribution in [2.75, 3.05) is 0 Å². The molecule has 0 spiro atoms. The zero-order valence-electron chi connectivity index (χ0n) is 13.2. The molecular formula is C17H16N4O3. The highest BCUT2D eigenvalue weighted by molar-refractivity contribution is 5.97. The Bertz CT molecular complexity index is 1040. The van der Waals surface area contributed by atoms with E-state index in [9.17, 15) is 14.4 Å². The molecule has 0 radical (unpaired) electrons. The average molecular weight is 324 g/mol. The van der Waals surface area contributed by atoms with Crippen molar-refractivity contribution in [1.29, 1.82) is 0 Å². The Hall–Kier alpha value is -3.22. The van der Waals surface area contributed by atoms with Gasteiger partial charge in [0.05, 0.1) is 22.8 Å². The van der Waals surface area contributed by atoms with Crippen molar-refractivity contribution in [2.45, 2.75) is 19.9 Å². The van der Waals surface area contributed by atoms with Gasteiger partial charge in [-0.3, -0.25) is 19.4 Å². The molecule has 0 aliphatic heterocycles. The number of aromatic amines is 2. The maximum Gasteiger partial charge on any atom is 0.314 e. The second-order valence-electron chi connectivity index (χ2n) is 5.57. The molecule has 122 valence electrons. The van der Waals surface area contributed by atoms with Crippen LogP contribution in [-0.4, -0.2) is 20.9 Å². The summed E-state index contributed by atoms with van der Waals surface area (Å²) in [4.78, 5) is 44.4. The molecule has 7 nitrogen and oxygen atoms in total. The van der Waals surface area contributed by atoms with Gasteiger partial charge in [0, 0.05) is 11.3 Å². The first kappa shape index (κ1) is 15.7. The lowest BCUT2D eigenvalue weighted by Crippen LogP contribution is -2.29. The molecule has 1 aromatic carbocycles. The van der Waals surface area contributed by atoms with Gasteiger partial charge in [-0.25, -0.2) is 0 Å². The second kappa shape index (κ2) is 6.11. The van der Waals surface area contributed by atoms with E-state index >= 15 is 0 Å². The zero-order chi connectivity index (χ0) is 17.3. The number of hydrogen-bond donors (Lipinski definition) is 3. The molecule has 1 atom stereocenters. The topological polar surface area (TPSA) is 108 Å². The number of H-pyrrole nitrogens is 2. The maximum absolute atomic E-state index is 12.4. The number of rotatable bonds is 3. The molecule has 0 fully saturated rings. The highest BCUT2D eigenvalue weighted by Gasteiger charge is 2.13. The van der Waals surface area contributed by atoms with Crippen LogP contribution in [0.2, 0.25) is 0 Å². The minimum atomic E-state index is -0.752. The molecule has 0 aliphatic rings. The number of fused-ring (bicyclic) bond motifs is 1. The zero-order valence-corrected chi connectivity index (χ0v) is 13.2. The standard InChI is InChI=1S/C17H16N4O3/c1-9-4-3-5-12(18-9)10(2)19-15(22)11-6-7-13-14(8-11)21-17(24)16(23)20-13/h3-8,10H,1-2H3,(H,19,22)(H,20,23)(H,21,24)/t10-/m0/s1. The third kappa shape index (κ3) is 3.10. The predicted molar refractivity (Wildman–Crippen MR) is 90.0 cm³/mol. The number of nitrogens with one attached hydrogen (secondary N) is 3. The molecule has 7 heteroatoms. The Labute approximate surface area is 136 Å².